The van der Waals surface area contributed by atoms with Crippen LogP contribution in [-0.2, 0) is 5.41 Å². The van der Waals surface area contributed by atoms with Gasteiger partial charge >= 0.3 is 0 Å². The van der Waals surface area contributed by atoms with Gasteiger partial charge < -0.3 is 10.2 Å². The minimum Gasteiger partial charge on any atom is -0.368 e. The van der Waals surface area contributed by atoms with E-state index in [0.717, 1.165) is 6.54 Å². The van der Waals surface area contributed by atoms with E-state index in [1.165, 1.54) is 42.3 Å². The first kappa shape index (κ1) is 16.4. The SMILES string of the molecule is CN(C)C(=O)c1cncc(NCC2(c3ccccc3)CCCC2)n1. The van der Waals surface area contributed by atoms with Gasteiger partial charge in [-0.15, -0.1) is 0 Å². The number of rotatable bonds is 5. The Hall–Kier alpha value is -2.43. The van der Waals surface area contributed by atoms with Crippen molar-refractivity contribution >= 4 is 11.7 Å². The first-order valence-corrected chi connectivity index (χ1v) is 8.44. The summed E-state index contributed by atoms with van der Waals surface area (Å²) >= 11 is 0. The van der Waals surface area contributed by atoms with Crippen LogP contribution >= 0.6 is 0 Å². The number of nitrogens with one attached hydrogen (secondary N) is 1. The van der Waals surface area contributed by atoms with Crippen LogP contribution < -0.4 is 5.32 Å². The Morgan fingerprint density at radius 2 is 1.88 bits per heavy atom. The van der Waals surface area contributed by atoms with Gasteiger partial charge in [-0.25, -0.2) is 4.98 Å². The van der Waals surface area contributed by atoms with Crippen molar-refractivity contribution in [3.8, 4) is 0 Å². The summed E-state index contributed by atoms with van der Waals surface area (Å²) in [6.45, 7) is 0.811. The maximum absolute atomic E-state index is 12.0. The standard InChI is InChI=1S/C19H24N4O/c1-23(2)18(24)16-12-20-13-17(22-16)21-14-19(10-6-7-11-19)15-8-4-3-5-9-15/h3-5,8-9,12-13H,6-7,10-11,14H2,1-2H3,(H,21,22). The van der Waals surface area contributed by atoms with E-state index in [4.69, 9.17) is 0 Å². The zero-order valence-corrected chi connectivity index (χ0v) is 14.3. The lowest BCUT2D eigenvalue weighted by Gasteiger charge is -2.30. The molecule has 1 fully saturated rings. The molecule has 5 heteroatoms. The molecule has 1 saturated carbocycles. The second-order valence-corrected chi connectivity index (χ2v) is 6.70. The molecule has 0 spiro atoms. The smallest absolute Gasteiger partial charge is 0.273 e. The minimum atomic E-state index is -0.134. The summed E-state index contributed by atoms with van der Waals surface area (Å²) in [6.07, 6.45) is 8.04. The third-order valence-corrected chi connectivity index (χ3v) is 4.81. The Morgan fingerprint density at radius 3 is 2.54 bits per heavy atom. The number of carbonyl (C=O) groups excluding carboxylic acids is 1. The summed E-state index contributed by atoms with van der Waals surface area (Å²) in [5.74, 6) is 0.523. The molecule has 126 valence electrons. The van der Waals surface area contributed by atoms with Crippen molar-refractivity contribution in [1.29, 1.82) is 0 Å². The minimum absolute atomic E-state index is 0.134. The summed E-state index contributed by atoms with van der Waals surface area (Å²) in [6, 6.07) is 10.7. The highest BCUT2D eigenvalue weighted by molar-refractivity contribution is 5.91. The fraction of sp³-hybridized carbons (Fsp3) is 0.421. The van der Waals surface area contributed by atoms with E-state index in [-0.39, 0.29) is 11.3 Å². The van der Waals surface area contributed by atoms with Gasteiger partial charge in [0.25, 0.3) is 5.91 Å². The van der Waals surface area contributed by atoms with Crippen LogP contribution in [0.25, 0.3) is 0 Å². The highest BCUT2D eigenvalue weighted by Crippen LogP contribution is 2.41. The first-order chi connectivity index (χ1) is 11.6. The topological polar surface area (TPSA) is 58.1 Å². The van der Waals surface area contributed by atoms with Gasteiger partial charge in [-0.3, -0.25) is 9.78 Å². The van der Waals surface area contributed by atoms with E-state index in [2.05, 4.69) is 45.6 Å². The predicted molar refractivity (Wildman–Crippen MR) is 95.1 cm³/mol. The number of carbonyl (C=O) groups is 1. The van der Waals surface area contributed by atoms with E-state index >= 15 is 0 Å². The monoisotopic (exact) mass is 324 g/mol. The summed E-state index contributed by atoms with van der Waals surface area (Å²) in [4.78, 5) is 22.1. The van der Waals surface area contributed by atoms with Crippen molar-refractivity contribution in [2.24, 2.45) is 0 Å². The van der Waals surface area contributed by atoms with Crippen LogP contribution in [0.15, 0.2) is 42.7 Å². The number of hydrogen-bond acceptors (Lipinski definition) is 4. The average Bonchev–Trinajstić information content (AvgIpc) is 3.10. The van der Waals surface area contributed by atoms with Crippen LogP contribution in [-0.4, -0.2) is 41.4 Å². The normalized spacial score (nSPS) is 15.9. The molecule has 0 radical (unpaired) electrons. The molecule has 0 aliphatic heterocycles. The molecular weight excluding hydrogens is 300 g/mol. The molecule has 0 unspecified atom stereocenters. The molecule has 1 amide bonds. The van der Waals surface area contributed by atoms with Crippen molar-refractivity contribution in [1.82, 2.24) is 14.9 Å². The average molecular weight is 324 g/mol. The Bertz CT molecular complexity index is 694. The van der Waals surface area contributed by atoms with Gasteiger partial charge in [0.1, 0.15) is 11.5 Å². The molecule has 1 aromatic carbocycles. The van der Waals surface area contributed by atoms with E-state index in [1.54, 1.807) is 20.3 Å². The molecule has 1 aliphatic rings. The second-order valence-electron chi connectivity index (χ2n) is 6.70. The molecule has 24 heavy (non-hydrogen) atoms. The van der Waals surface area contributed by atoms with Crippen molar-refractivity contribution in [3.05, 3.63) is 54.0 Å². The van der Waals surface area contributed by atoms with Crippen LogP contribution in [0.3, 0.4) is 0 Å². The van der Waals surface area contributed by atoms with Gasteiger partial charge in [0.2, 0.25) is 0 Å². The number of benzene rings is 1. The van der Waals surface area contributed by atoms with Gasteiger partial charge in [-0.1, -0.05) is 43.2 Å². The van der Waals surface area contributed by atoms with E-state index in [1.807, 2.05) is 0 Å². The van der Waals surface area contributed by atoms with Crippen LogP contribution in [0, 0.1) is 0 Å². The Morgan fingerprint density at radius 1 is 1.17 bits per heavy atom. The molecule has 1 aromatic heterocycles. The zero-order valence-electron chi connectivity index (χ0n) is 14.3. The summed E-state index contributed by atoms with van der Waals surface area (Å²) in [5, 5.41) is 3.42. The predicted octanol–water partition coefficient (Wildman–Crippen LogP) is 3.10. The molecular formula is C19H24N4O. The summed E-state index contributed by atoms with van der Waals surface area (Å²) in [7, 11) is 3.43. The van der Waals surface area contributed by atoms with Crippen LogP contribution in [0.5, 0.6) is 0 Å². The Balaban J connectivity index is 1.77. The van der Waals surface area contributed by atoms with Crippen LogP contribution in [0.1, 0.15) is 41.7 Å². The molecule has 0 bridgehead atoms. The van der Waals surface area contributed by atoms with Gasteiger partial charge in [0, 0.05) is 26.1 Å². The summed E-state index contributed by atoms with van der Waals surface area (Å²) in [5.41, 5.74) is 1.89. The zero-order chi connectivity index (χ0) is 17.0. The molecule has 1 N–H and O–H groups in total. The third-order valence-electron chi connectivity index (χ3n) is 4.81. The molecule has 1 heterocycles. The van der Waals surface area contributed by atoms with E-state index < -0.39 is 0 Å². The quantitative estimate of drug-likeness (QED) is 0.918. The lowest BCUT2D eigenvalue weighted by atomic mass is 9.79. The van der Waals surface area contributed by atoms with Crippen molar-refractivity contribution < 1.29 is 4.79 Å². The van der Waals surface area contributed by atoms with Gasteiger partial charge in [-0.2, -0.15) is 0 Å². The van der Waals surface area contributed by atoms with Gasteiger partial charge in [0.05, 0.1) is 12.4 Å². The summed E-state index contributed by atoms with van der Waals surface area (Å²) < 4.78 is 0. The fourth-order valence-corrected chi connectivity index (χ4v) is 3.45. The molecule has 2 aromatic rings. The lowest BCUT2D eigenvalue weighted by Crippen LogP contribution is -2.32. The number of hydrogen-bond donors (Lipinski definition) is 1. The Labute approximate surface area is 143 Å². The highest BCUT2D eigenvalue weighted by atomic mass is 16.2. The maximum Gasteiger partial charge on any atom is 0.273 e. The molecule has 5 nitrogen and oxygen atoms in total. The number of nitrogens with zero attached hydrogens (tertiary/aromatic N) is 3. The van der Waals surface area contributed by atoms with Crippen molar-refractivity contribution in [2.75, 3.05) is 26.0 Å². The molecule has 0 saturated heterocycles. The third kappa shape index (κ3) is 3.40. The van der Waals surface area contributed by atoms with Crippen molar-refractivity contribution in [3.63, 3.8) is 0 Å². The van der Waals surface area contributed by atoms with E-state index in [0.29, 0.717) is 11.5 Å². The maximum atomic E-state index is 12.0. The first-order valence-electron chi connectivity index (χ1n) is 8.44. The number of aromatic nitrogens is 2. The fourth-order valence-electron chi connectivity index (χ4n) is 3.45. The largest absolute Gasteiger partial charge is 0.368 e. The van der Waals surface area contributed by atoms with Crippen LogP contribution in [0.4, 0.5) is 5.82 Å². The van der Waals surface area contributed by atoms with Crippen molar-refractivity contribution in [2.45, 2.75) is 31.1 Å². The van der Waals surface area contributed by atoms with Crippen LogP contribution in [0.2, 0.25) is 0 Å². The number of anilines is 1. The molecule has 3 rings (SSSR count). The lowest BCUT2D eigenvalue weighted by molar-refractivity contribution is 0.0821. The Kier molecular flexibility index (Phi) is 4.79. The second kappa shape index (κ2) is 6.99. The van der Waals surface area contributed by atoms with E-state index in [9.17, 15) is 4.79 Å². The molecule has 0 atom stereocenters. The van der Waals surface area contributed by atoms with Gasteiger partial charge in [-0.05, 0) is 18.4 Å². The van der Waals surface area contributed by atoms with Gasteiger partial charge in [0.15, 0.2) is 0 Å². The highest BCUT2D eigenvalue weighted by Gasteiger charge is 2.35. The molecule has 1 aliphatic carbocycles. The number of amides is 1.